The molecule has 0 radical (unpaired) electrons. The molecule has 0 heterocycles. The summed E-state index contributed by atoms with van der Waals surface area (Å²) < 4.78 is 38.3. The van der Waals surface area contributed by atoms with Crippen LogP contribution in [0.25, 0.3) is 0 Å². The number of hydrogen-bond donors (Lipinski definition) is 0. The van der Waals surface area contributed by atoms with Crippen molar-refractivity contribution in [2.24, 2.45) is 0 Å². The molecule has 0 unspecified atom stereocenters. The highest BCUT2D eigenvalue weighted by Crippen LogP contribution is 2.17. The van der Waals surface area contributed by atoms with Gasteiger partial charge < -0.3 is 0 Å². The zero-order valence-electron chi connectivity index (χ0n) is 8.14. The van der Waals surface area contributed by atoms with Gasteiger partial charge in [-0.2, -0.15) is 8.42 Å². The molecule has 0 N–H and O–H groups in total. The Morgan fingerprint density at radius 3 is 2.47 bits per heavy atom. The quantitative estimate of drug-likeness (QED) is 0.455. The number of hydrogen-bond acceptors (Lipinski definition) is 4. The Bertz CT molecular complexity index is 400. The molecule has 0 atom stereocenters. The van der Waals surface area contributed by atoms with Crippen molar-refractivity contribution in [1.82, 2.24) is 0 Å². The minimum atomic E-state index is -3.36. The third-order valence-electron chi connectivity index (χ3n) is 1.46. The van der Waals surface area contributed by atoms with Gasteiger partial charge in [-0.25, -0.2) is 4.39 Å². The van der Waals surface area contributed by atoms with E-state index in [0.29, 0.717) is 5.75 Å². The number of benzene rings is 1. The fourth-order valence-corrected chi connectivity index (χ4v) is 2.10. The Morgan fingerprint density at radius 1 is 1.33 bits per heavy atom. The van der Waals surface area contributed by atoms with Crippen molar-refractivity contribution in [3.05, 3.63) is 30.1 Å². The average molecular weight is 250 g/mol. The molecule has 0 amide bonds. The van der Waals surface area contributed by atoms with Crippen molar-refractivity contribution >= 4 is 21.9 Å². The van der Waals surface area contributed by atoms with Crippen molar-refractivity contribution < 1.29 is 17.0 Å². The molecule has 0 fully saturated rings. The van der Waals surface area contributed by atoms with Crippen LogP contribution >= 0.6 is 11.8 Å². The first-order valence-corrected chi connectivity index (χ1v) is 7.00. The number of halogens is 1. The molecule has 0 spiro atoms. The smallest absolute Gasteiger partial charge is 0.264 e. The summed E-state index contributed by atoms with van der Waals surface area (Å²) in [4.78, 5) is 0.883. The highest BCUT2D eigenvalue weighted by molar-refractivity contribution is 7.99. The van der Waals surface area contributed by atoms with E-state index in [4.69, 9.17) is 0 Å². The Kier molecular flexibility index (Phi) is 4.56. The Balaban J connectivity index is 2.29. The van der Waals surface area contributed by atoms with Crippen LogP contribution < -0.4 is 0 Å². The van der Waals surface area contributed by atoms with Gasteiger partial charge >= 0.3 is 0 Å². The van der Waals surface area contributed by atoms with E-state index in [2.05, 4.69) is 4.18 Å². The molecule has 0 saturated carbocycles. The summed E-state index contributed by atoms with van der Waals surface area (Å²) in [6.07, 6.45) is 1.01. The molecule has 1 aromatic carbocycles. The lowest BCUT2D eigenvalue weighted by atomic mass is 10.4. The average Bonchev–Trinajstić information content (AvgIpc) is 2.14. The lowest BCUT2D eigenvalue weighted by Gasteiger charge is -2.01. The maximum absolute atomic E-state index is 12.5. The molecular formula is C9H11FO3S2. The molecule has 1 aromatic rings. The van der Waals surface area contributed by atoms with Crippen LogP contribution in [0.15, 0.2) is 29.2 Å². The fourth-order valence-electron chi connectivity index (χ4n) is 0.876. The van der Waals surface area contributed by atoms with Crippen LogP contribution in [0.1, 0.15) is 0 Å². The van der Waals surface area contributed by atoms with Crippen LogP contribution in [0.5, 0.6) is 0 Å². The van der Waals surface area contributed by atoms with E-state index >= 15 is 0 Å². The first-order chi connectivity index (χ1) is 6.97. The SMILES string of the molecule is CS(=O)(=O)OCCSc1ccc(F)cc1. The molecule has 6 heteroatoms. The maximum atomic E-state index is 12.5. The second-order valence-electron chi connectivity index (χ2n) is 2.83. The molecule has 0 aromatic heterocycles. The van der Waals surface area contributed by atoms with E-state index < -0.39 is 10.1 Å². The molecule has 0 aliphatic rings. The fraction of sp³-hybridized carbons (Fsp3) is 0.333. The van der Waals surface area contributed by atoms with Crippen LogP contribution in [0, 0.1) is 5.82 Å². The van der Waals surface area contributed by atoms with Gasteiger partial charge in [0.05, 0.1) is 12.9 Å². The summed E-state index contributed by atoms with van der Waals surface area (Å²) in [7, 11) is -3.36. The maximum Gasteiger partial charge on any atom is 0.264 e. The molecule has 1 rings (SSSR count). The Hall–Kier alpha value is -0.590. The Morgan fingerprint density at radius 2 is 1.93 bits per heavy atom. The van der Waals surface area contributed by atoms with Gasteiger partial charge in [-0.15, -0.1) is 11.8 Å². The summed E-state index contributed by atoms with van der Waals surface area (Å²) in [5.41, 5.74) is 0. The summed E-state index contributed by atoms with van der Waals surface area (Å²) >= 11 is 1.41. The van der Waals surface area contributed by atoms with Gasteiger partial charge in [-0.1, -0.05) is 0 Å². The van der Waals surface area contributed by atoms with E-state index in [-0.39, 0.29) is 12.4 Å². The predicted octanol–water partition coefficient (Wildman–Crippen LogP) is 1.89. The zero-order valence-corrected chi connectivity index (χ0v) is 9.78. The van der Waals surface area contributed by atoms with Gasteiger partial charge in [0, 0.05) is 10.6 Å². The van der Waals surface area contributed by atoms with Gasteiger partial charge in [0.2, 0.25) is 0 Å². The van der Waals surface area contributed by atoms with Gasteiger partial charge in [0.1, 0.15) is 5.82 Å². The summed E-state index contributed by atoms with van der Waals surface area (Å²) in [6.45, 7) is 0.126. The number of rotatable bonds is 5. The zero-order chi connectivity index (χ0) is 11.3. The minimum absolute atomic E-state index is 0.126. The van der Waals surface area contributed by atoms with E-state index in [9.17, 15) is 12.8 Å². The van der Waals surface area contributed by atoms with Gasteiger partial charge in [0.15, 0.2) is 0 Å². The third-order valence-corrected chi connectivity index (χ3v) is 3.03. The molecule has 84 valence electrons. The van der Waals surface area contributed by atoms with Crippen LogP contribution in [-0.2, 0) is 14.3 Å². The number of thioether (sulfide) groups is 1. The second kappa shape index (κ2) is 5.48. The van der Waals surface area contributed by atoms with Crippen LogP contribution in [0.2, 0.25) is 0 Å². The van der Waals surface area contributed by atoms with Crippen molar-refractivity contribution in [3.63, 3.8) is 0 Å². The summed E-state index contributed by atoms with van der Waals surface area (Å²) in [5.74, 6) is 0.227. The van der Waals surface area contributed by atoms with E-state index in [1.807, 2.05) is 0 Å². The van der Waals surface area contributed by atoms with Crippen molar-refractivity contribution in [1.29, 1.82) is 0 Å². The summed E-state index contributed by atoms with van der Waals surface area (Å²) in [5, 5.41) is 0. The molecule has 15 heavy (non-hydrogen) atoms. The van der Waals surface area contributed by atoms with Gasteiger partial charge in [0.25, 0.3) is 10.1 Å². The lowest BCUT2D eigenvalue weighted by molar-refractivity contribution is 0.345. The molecule has 0 bridgehead atoms. The largest absolute Gasteiger partial charge is 0.269 e. The van der Waals surface area contributed by atoms with E-state index in [1.54, 1.807) is 12.1 Å². The standard InChI is InChI=1S/C9H11FO3S2/c1-15(11,12)13-6-7-14-9-4-2-8(10)3-5-9/h2-5H,6-7H2,1H3. The monoisotopic (exact) mass is 250 g/mol. The molecule has 0 aliphatic heterocycles. The normalized spacial score (nSPS) is 11.6. The minimum Gasteiger partial charge on any atom is -0.269 e. The predicted molar refractivity (Wildman–Crippen MR) is 57.9 cm³/mol. The van der Waals surface area contributed by atoms with Crippen LogP contribution in [0.4, 0.5) is 4.39 Å². The van der Waals surface area contributed by atoms with E-state index in [1.165, 1.54) is 23.9 Å². The molecular weight excluding hydrogens is 239 g/mol. The van der Waals surface area contributed by atoms with E-state index in [0.717, 1.165) is 11.2 Å². The Labute approximate surface area is 92.8 Å². The van der Waals surface area contributed by atoms with Gasteiger partial charge in [-0.05, 0) is 24.3 Å². The van der Waals surface area contributed by atoms with Crippen molar-refractivity contribution in [2.75, 3.05) is 18.6 Å². The van der Waals surface area contributed by atoms with Crippen LogP contribution in [-0.4, -0.2) is 27.0 Å². The van der Waals surface area contributed by atoms with Gasteiger partial charge in [-0.3, -0.25) is 4.18 Å². The summed E-state index contributed by atoms with van der Waals surface area (Å²) in [6, 6.07) is 6.00. The van der Waals surface area contributed by atoms with Crippen LogP contribution in [0.3, 0.4) is 0 Å². The second-order valence-corrected chi connectivity index (χ2v) is 5.64. The molecule has 0 aliphatic carbocycles. The van der Waals surface area contributed by atoms with Crippen molar-refractivity contribution in [3.8, 4) is 0 Å². The highest BCUT2D eigenvalue weighted by Gasteiger charge is 2.01. The molecule has 3 nitrogen and oxygen atoms in total. The lowest BCUT2D eigenvalue weighted by Crippen LogP contribution is -2.05. The first kappa shape index (κ1) is 12.5. The molecule has 0 saturated heterocycles. The third kappa shape index (κ3) is 5.76. The highest BCUT2D eigenvalue weighted by atomic mass is 32.2. The topological polar surface area (TPSA) is 43.4 Å². The van der Waals surface area contributed by atoms with Crippen molar-refractivity contribution in [2.45, 2.75) is 4.90 Å². The first-order valence-electron chi connectivity index (χ1n) is 4.20.